The number of aliphatic carboxylic acids is 1. The van der Waals surface area contributed by atoms with Crippen molar-refractivity contribution in [3.63, 3.8) is 0 Å². The number of amides is 4. The van der Waals surface area contributed by atoms with Crippen LogP contribution in [-0.4, -0.2) is 62.2 Å². The standard InChI is InChI=1S/C35H42N4O6/c1-24-17-25(2)19-28(18-24)38(3)32(40)23-45-31-16-9-8-15-30(31)39(4,29-13-6-5-7-14-29)33(41)22-36-35(44)37-27-12-10-11-26(20-27)21-34(42)43/h8-12,15-20,29H,5-7,13-14,21-23H2,1-4H3,(H2-,36,37,42,43,44)/p+1. The maximum Gasteiger partial charge on any atom is 0.338 e. The van der Waals surface area contributed by atoms with E-state index in [9.17, 15) is 19.2 Å². The van der Waals surface area contributed by atoms with Crippen LogP contribution in [0.1, 0.15) is 48.8 Å². The van der Waals surface area contributed by atoms with Crippen molar-refractivity contribution in [2.45, 2.75) is 58.4 Å². The minimum atomic E-state index is -0.969. The molecule has 0 aliphatic heterocycles. The van der Waals surface area contributed by atoms with Crippen LogP contribution in [0.25, 0.3) is 0 Å². The number of urea groups is 1. The number of likely N-dealkylation sites (N-methyl/N-ethyl adjacent to an activating group) is 2. The van der Waals surface area contributed by atoms with Crippen molar-refractivity contribution in [3.05, 3.63) is 83.4 Å². The third-order valence-corrected chi connectivity index (χ3v) is 8.45. The Morgan fingerprint density at radius 3 is 2.31 bits per heavy atom. The summed E-state index contributed by atoms with van der Waals surface area (Å²) in [6.45, 7) is 3.53. The Bertz CT molecular complexity index is 1530. The molecule has 1 fully saturated rings. The van der Waals surface area contributed by atoms with Crippen LogP contribution in [0.15, 0.2) is 66.7 Å². The predicted molar refractivity (Wildman–Crippen MR) is 176 cm³/mol. The van der Waals surface area contributed by atoms with Gasteiger partial charge in [-0.05, 0) is 73.7 Å². The first kappa shape index (κ1) is 33.2. The minimum Gasteiger partial charge on any atom is -0.481 e. The first-order chi connectivity index (χ1) is 21.5. The van der Waals surface area contributed by atoms with Crippen molar-refractivity contribution in [2.24, 2.45) is 0 Å². The molecule has 1 atom stereocenters. The number of para-hydroxylation sites is 2. The van der Waals surface area contributed by atoms with Gasteiger partial charge in [-0.3, -0.25) is 9.59 Å². The molecular formula is C35H43N4O6+. The van der Waals surface area contributed by atoms with E-state index < -0.39 is 12.0 Å². The van der Waals surface area contributed by atoms with E-state index in [-0.39, 0.29) is 41.9 Å². The maximum absolute atomic E-state index is 14.1. The Hall–Kier alpha value is -4.70. The number of rotatable bonds is 11. The molecule has 0 spiro atoms. The number of anilines is 2. The quantitative estimate of drug-likeness (QED) is 0.242. The van der Waals surface area contributed by atoms with Crippen molar-refractivity contribution < 1.29 is 29.0 Å². The summed E-state index contributed by atoms with van der Waals surface area (Å²) in [4.78, 5) is 52.7. The number of benzene rings is 3. The molecule has 1 aliphatic rings. The highest BCUT2D eigenvalue weighted by Gasteiger charge is 2.44. The normalized spacial score (nSPS) is 14.6. The van der Waals surface area contributed by atoms with Gasteiger partial charge in [0.25, 0.3) is 5.91 Å². The molecule has 1 saturated carbocycles. The van der Waals surface area contributed by atoms with Gasteiger partial charge in [-0.2, -0.15) is 0 Å². The van der Waals surface area contributed by atoms with Gasteiger partial charge in [-0.1, -0.05) is 36.8 Å². The van der Waals surface area contributed by atoms with Gasteiger partial charge in [-0.25, -0.2) is 14.1 Å². The third kappa shape index (κ3) is 8.48. The lowest BCUT2D eigenvalue weighted by Crippen LogP contribution is -2.61. The largest absolute Gasteiger partial charge is 0.481 e. The Balaban J connectivity index is 1.50. The molecule has 0 bridgehead atoms. The molecule has 0 aromatic heterocycles. The van der Waals surface area contributed by atoms with Crippen molar-refractivity contribution >= 4 is 40.9 Å². The summed E-state index contributed by atoms with van der Waals surface area (Å²) < 4.78 is 6.05. The lowest BCUT2D eigenvalue weighted by atomic mass is 9.91. The van der Waals surface area contributed by atoms with Crippen molar-refractivity contribution in [2.75, 3.05) is 37.5 Å². The SMILES string of the molecule is Cc1cc(C)cc(N(C)C(=O)COc2ccccc2[N+](C)(C(=O)CNC(=O)Nc2cccc(CC(=O)O)c2)C2CCCCC2)c1. The van der Waals surface area contributed by atoms with E-state index in [1.165, 1.54) is 0 Å². The molecule has 0 radical (unpaired) electrons. The number of ether oxygens (including phenoxy) is 1. The number of hydrogen-bond acceptors (Lipinski definition) is 5. The molecule has 0 heterocycles. The Morgan fingerprint density at radius 2 is 1.62 bits per heavy atom. The zero-order valence-electron chi connectivity index (χ0n) is 26.5. The van der Waals surface area contributed by atoms with Crippen LogP contribution in [-0.2, 0) is 20.8 Å². The number of quaternary nitrogens is 1. The van der Waals surface area contributed by atoms with Gasteiger partial charge in [0.15, 0.2) is 18.0 Å². The molecule has 4 amide bonds. The number of carbonyl (C=O) groups excluding carboxylic acids is 3. The lowest BCUT2D eigenvalue weighted by Gasteiger charge is -2.41. The van der Waals surface area contributed by atoms with Crippen molar-refractivity contribution in [1.82, 2.24) is 9.80 Å². The summed E-state index contributed by atoms with van der Waals surface area (Å²) in [6, 6.07) is 19.2. The van der Waals surface area contributed by atoms with Gasteiger partial charge in [0, 0.05) is 37.3 Å². The molecule has 3 aromatic carbocycles. The fourth-order valence-electron chi connectivity index (χ4n) is 6.05. The van der Waals surface area contributed by atoms with Crippen molar-refractivity contribution in [3.8, 4) is 5.75 Å². The number of aryl methyl sites for hydroxylation is 2. The van der Waals surface area contributed by atoms with Crippen LogP contribution >= 0.6 is 0 Å². The number of nitrogens with one attached hydrogen (secondary N) is 2. The molecule has 45 heavy (non-hydrogen) atoms. The topological polar surface area (TPSA) is 125 Å². The fourth-order valence-corrected chi connectivity index (χ4v) is 6.05. The van der Waals surface area contributed by atoms with Crippen LogP contribution in [0.3, 0.4) is 0 Å². The van der Waals surface area contributed by atoms with Crippen molar-refractivity contribution in [1.29, 1.82) is 0 Å². The first-order valence-electron chi connectivity index (χ1n) is 15.3. The molecule has 10 heteroatoms. The van der Waals surface area contributed by atoms with Crippen LogP contribution in [0.2, 0.25) is 0 Å². The van der Waals surface area contributed by atoms with Gasteiger partial charge in [0.1, 0.15) is 12.6 Å². The summed E-state index contributed by atoms with van der Waals surface area (Å²) in [6.07, 6.45) is 4.61. The second-order valence-corrected chi connectivity index (χ2v) is 11.9. The zero-order valence-corrected chi connectivity index (χ0v) is 26.5. The molecule has 10 nitrogen and oxygen atoms in total. The predicted octanol–water partition coefficient (Wildman–Crippen LogP) is 5.59. The van der Waals surface area contributed by atoms with E-state index in [4.69, 9.17) is 9.84 Å². The van der Waals surface area contributed by atoms with Crippen LogP contribution in [0.4, 0.5) is 21.9 Å². The Morgan fingerprint density at radius 1 is 0.933 bits per heavy atom. The second-order valence-electron chi connectivity index (χ2n) is 11.9. The average molecular weight is 616 g/mol. The number of carbonyl (C=O) groups is 4. The highest BCUT2D eigenvalue weighted by atomic mass is 16.5. The average Bonchev–Trinajstić information content (AvgIpc) is 3.01. The smallest absolute Gasteiger partial charge is 0.338 e. The lowest BCUT2D eigenvalue weighted by molar-refractivity contribution is -0.136. The van der Waals surface area contributed by atoms with Crippen LogP contribution in [0, 0.1) is 13.8 Å². The summed E-state index contributed by atoms with van der Waals surface area (Å²) in [5, 5.41) is 14.4. The summed E-state index contributed by atoms with van der Waals surface area (Å²) in [5.74, 6) is -0.963. The minimum absolute atomic E-state index is 0.0257. The van der Waals surface area contributed by atoms with Gasteiger partial charge >= 0.3 is 17.9 Å². The van der Waals surface area contributed by atoms with Gasteiger partial charge in [0.05, 0.1) is 13.5 Å². The summed E-state index contributed by atoms with van der Waals surface area (Å²) in [7, 11) is 3.58. The van der Waals surface area contributed by atoms with Crippen LogP contribution in [0.5, 0.6) is 5.75 Å². The molecule has 4 rings (SSSR count). The van der Waals surface area contributed by atoms with Crippen LogP contribution < -0.4 is 24.8 Å². The van der Waals surface area contributed by atoms with Gasteiger partial charge in [0.2, 0.25) is 0 Å². The Kier molecular flexibility index (Phi) is 11.0. The van der Waals surface area contributed by atoms with E-state index in [0.29, 0.717) is 22.7 Å². The number of carboxylic acid groups (broad SMARTS) is 1. The third-order valence-electron chi connectivity index (χ3n) is 8.45. The number of hydrogen-bond donors (Lipinski definition) is 3. The van der Waals surface area contributed by atoms with E-state index in [2.05, 4.69) is 10.6 Å². The molecule has 1 unspecified atom stereocenters. The van der Waals surface area contributed by atoms with Gasteiger partial charge in [-0.15, -0.1) is 0 Å². The summed E-state index contributed by atoms with van der Waals surface area (Å²) in [5.41, 5.74) is 4.52. The number of nitrogens with zero attached hydrogens (tertiary/aromatic N) is 2. The molecule has 0 saturated heterocycles. The molecule has 3 N–H and O–H groups in total. The molecule has 1 aliphatic carbocycles. The summed E-state index contributed by atoms with van der Waals surface area (Å²) >= 11 is 0. The van der Waals surface area contributed by atoms with E-state index in [1.54, 1.807) is 42.3 Å². The first-order valence-corrected chi connectivity index (χ1v) is 15.3. The highest BCUT2D eigenvalue weighted by Crippen LogP contribution is 2.39. The monoisotopic (exact) mass is 615 g/mol. The van der Waals surface area contributed by atoms with E-state index >= 15 is 0 Å². The molecular weight excluding hydrogens is 572 g/mol. The highest BCUT2D eigenvalue weighted by molar-refractivity contribution is 5.97. The van der Waals surface area contributed by atoms with Gasteiger partial charge < -0.3 is 25.4 Å². The zero-order chi connectivity index (χ0) is 32.6. The molecule has 3 aromatic rings. The van der Waals surface area contributed by atoms with E-state index in [1.807, 2.05) is 57.3 Å². The maximum atomic E-state index is 14.1. The molecule has 238 valence electrons. The van der Waals surface area contributed by atoms with E-state index in [0.717, 1.165) is 48.9 Å². The Labute approximate surface area is 264 Å². The second kappa shape index (κ2) is 14.9. The fraction of sp³-hybridized carbons (Fsp3) is 0.371. The number of carboxylic acids is 1.